The summed E-state index contributed by atoms with van der Waals surface area (Å²) < 4.78 is 4.91. The molecule has 0 bridgehead atoms. The molecule has 1 fully saturated rings. The summed E-state index contributed by atoms with van der Waals surface area (Å²) in [5.41, 5.74) is 2.18. The minimum atomic E-state index is -0.562. The number of ether oxygens (including phenoxy) is 1. The second kappa shape index (κ2) is 7.32. The van der Waals surface area contributed by atoms with Gasteiger partial charge in [-0.05, 0) is 24.0 Å². The average Bonchev–Trinajstić information content (AvgIpc) is 2.61. The molecule has 0 radical (unpaired) electrons. The Morgan fingerprint density at radius 1 is 1.21 bits per heavy atom. The first-order chi connectivity index (χ1) is 11.6. The van der Waals surface area contributed by atoms with Crippen molar-refractivity contribution in [1.29, 1.82) is 0 Å². The van der Waals surface area contributed by atoms with Crippen LogP contribution in [0.2, 0.25) is 0 Å². The fraction of sp³-hybridized carbons (Fsp3) is 0.556. The highest BCUT2D eigenvalue weighted by Crippen LogP contribution is 2.24. The molecule has 2 aliphatic heterocycles. The molecule has 0 aliphatic carbocycles. The molecule has 0 aromatic heterocycles. The Morgan fingerprint density at radius 2 is 1.88 bits per heavy atom. The van der Waals surface area contributed by atoms with Crippen molar-refractivity contribution in [2.45, 2.75) is 38.0 Å². The molecule has 1 N–H and O–H groups in total. The van der Waals surface area contributed by atoms with Gasteiger partial charge >= 0.3 is 5.97 Å². The molecule has 1 saturated heterocycles. The molecular formula is C18H24N2O4. The first kappa shape index (κ1) is 16.9. The molecule has 2 heterocycles. The number of carbonyl (C=O) groups excluding carboxylic acids is 2. The molecule has 1 aromatic carbocycles. The van der Waals surface area contributed by atoms with Gasteiger partial charge in [-0.25, -0.2) is 4.79 Å². The maximum Gasteiger partial charge on any atom is 0.328 e. The molecule has 0 saturated carbocycles. The lowest BCUT2D eigenvalue weighted by molar-refractivity contribution is -0.154. The van der Waals surface area contributed by atoms with E-state index in [2.05, 4.69) is 0 Å². The third kappa shape index (κ3) is 3.60. The molecule has 0 spiro atoms. The van der Waals surface area contributed by atoms with Crippen molar-refractivity contribution < 1.29 is 19.4 Å². The Labute approximate surface area is 142 Å². The summed E-state index contributed by atoms with van der Waals surface area (Å²) in [7, 11) is 1.36. The Morgan fingerprint density at radius 3 is 2.54 bits per heavy atom. The van der Waals surface area contributed by atoms with E-state index in [-0.39, 0.29) is 24.5 Å². The number of amides is 1. The van der Waals surface area contributed by atoms with Crippen LogP contribution < -0.4 is 0 Å². The Bertz CT molecular complexity index is 611. The fourth-order valence-corrected chi connectivity index (χ4v) is 3.49. The Kier molecular flexibility index (Phi) is 5.16. The number of likely N-dealkylation sites (tertiary alicyclic amines) is 1. The topological polar surface area (TPSA) is 70.1 Å². The highest BCUT2D eigenvalue weighted by atomic mass is 16.5. The number of nitrogens with zero attached hydrogens (tertiary/aromatic N) is 2. The van der Waals surface area contributed by atoms with Gasteiger partial charge in [-0.15, -0.1) is 0 Å². The predicted octanol–water partition coefficient (Wildman–Crippen LogP) is 0.570. The maximum atomic E-state index is 12.8. The number of esters is 1. The number of hydrogen-bond donors (Lipinski definition) is 1. The van der Waals surface area contributed by atoms with Crippen LogP contribution in [0.4, 0.5) is 0 Å². The number of rotatable bonds is 3. The van der Waals surface area contributed by atoms with Crippen molar-refractivity contribution >= 4 is 11.9 Å². The number of aliphatic hydroxyl groups excluding tert-OH is 1. The van der Waals surface area contributed by atoms with Crippen molar-refractivity contribution in [3.8, 4) is 0 Å². The van der Waals surface area contributed by atoms with Gasteiger partial charge in [-0.2, -0.15) is 0 Å². The quantitative estimate of drug-likeness (QED) is 0.820. The second-order valence-corrected chi connectivity index (χ2v) is 6.54. The molecule has 6 heteroatoms. The monoisotopic (exact) mass is 332 g/mol. The van der Waals surface area contributed by atoms with Crippen molar-refractivity contribution in [3.63, 3.8) is 0 Å². The summed E-state index contributed by atoms with van der Waals surface area (Å²) >= 11 is 0. The third-order valence-corrected chi connectivity index (χ3v) is 4.96. The molecule has 6 nitrogen and oxygen atoms in total. The standard InChI is InChI=1S/C18H24N2O4/c1-24-18(23)16-10-13-4-2-3-5-14(13)11-20(16)17(22)12-19-8-6-15(21)7-9-19/h2-5,15-16,21H,6-12H2,1H3/t16-/m0/s1. The van der Waals surface area contributed by atoms with E-state index in [1.54, 1.807) is 4.90 Å². The highest BCUT2D eigenvalue weighted by Gasteiger charge is 2.35. The molecule has 0 unspecified atom stereocenters. The number of methoxy groups -OCH3 is 1. The van der Waals surface area contributed by atoms with Crippen LogP contribution in [0.5, 0.6) is 0 Å². The van der Waals surface area contributed by atoms with Crippen molar-refractivity contribution in [2.75, 3.05) is 26.7 Å². The van der Waals surface area contributed by atoms with Crippen molar-refractivity contribution in [1.82, 2.24) is 9.80 Å². The average molecular weight is 332 g/mol. The van der Waals surface area contributed by atoms with Crippen LogP contribution in [0.1, 0.15) is 24.0 Å². The van der Waals surface area contributed by atoms with Gasteiger partial charge in [-0.1, -0.05) is 24.3 Å². The summed E-state index contributed by atoms with van der Waals surface area (Å²) in [5, 5.41) is 9.58. The van der Waals surface area contributed by atoms with Gasteiger partial charge in [0.2, 0.25) is 5.91 Å². The SMILES string of the molecule is COC(=O)[C@@H]1Cc2ccccc2CN1C(=O)CN1CCC(O)CC1. The van der Waals surface area contributed by atoms with E-state index < -0.39 is 6.04 Å². The van der Waals surface area contributed by atoms with E-state index in [1.807, 2.05) is 29.2 Å². The van der Waals surface area contributed by atoms with E-state index in [1.165, 1.54) is 7.11 Å². The highest BCUT2D eigenvalue weighted by molar-refractivity contribution is 5.86. The first-order valence-electron chi connectivity index (χ1n) is 8.43. The minimum absolute atomic E-state index is 0.0590. The molecular weight excluding hydrogens is 308 g/mol. The van der Waals surface area contributed by atoms with E-state index in [0.717, 1.165) is 11.1 Å². The fourth-order valence-electron chi connectivity index (χ4n) is 3.49. The van der Waals surface area contributed by atoms with Crippen LogP contribution in [-0.4, -0.2) is 65.7 Å². The molecule has 24 heavy (non-hydrogen) atoms. The van der Waals surface area contributed by atoms with Gasteiger partial charge in [0.15, 0.2) is 0 Å². The van der Waals surface area contributed by atoms with Crippen LogP contribution in [0, 0.1) is 0 Å². The lowest BCUT2D eigenvalue weighted by Gasteiger charge is -2.37. The molecule has 130 valence electrons. The van der Waals surface area contributed by atoms with E-state index >= 15 is 0 Å². The zero-order valence-electron chi connectivity index (χ0n) is 14.0. The summed E-state index contributed by atoms with van der Waals surface area (Å²) in [5.74, 6) is -0.428. The number of piperidine rings is 1. The molecule has 2 aliphatic rings. The lowest BCUT2D eigenvalue weighted by atomic mass is 9.94. The molecule has 1 aromatic rings. The van der Waals surface area contributed by atoms with Gasteiger partial charge in [-0.3, -0.25) is 9.69 Å². The number of hydrogen-bond acceptors (Lipinski definition) is 5. The Hall–Kier alpha value is -1.92. The largest absolute Gasteiger partial charge is 0.467 e. The zero-order chi connectivity index (χ0) is 17.1. The summed E-state index contributed by atoms with van der Waals surface area (Å²) in [6, 6.07) is 7.34. The molecule has 3 rings (SSSR count). The van der Waals surface area contributed by atoms with Gasteiger partial charge in [0.05, 0.1) is 19.8 Å². The third-order valence-electron chi connectivity index (χ3n) is 4.96. The van der Waals surface area contributed by atoms with Crippen LogP contribution in [0.15, 0.2) is 24.3 Å². The minimum Gasteiger partial charge on any atom is -0.467 e. The first-order valence-corrected chi connectivity index (χ1v) is 8.43. The van der Waals surface area contributed by atoms with E-state index in [9.17, 15) is 14.7 Å². The zero-order valence-corrected chi connectivity index (χ0v) is 14.0. The predicted molar refractivity (Wildman–Crippen MR) is 88.2 cm³/mol. The lowest BCUT2D eigenvalue weighted by Crippen LogP contribution is -2.52. The maximum absolute atomic E-state index is 12.8. The molecule has 1 atom stereocenters. The van der Waals surface area contributed by atoms with Gasteiger partial charge < -0.3 is 14.7 Å². The van der Waals surface area contributed by atoms with Gasteiger partial charge in [0.1, 0.15) is 6.04 Å². The van der Waals surface area contributed by atoms with Crippen molar-refractivity contribution in [2.24, 2.45) is 0 Å². The van der Waals surface area contributed by atoms with E-state index in [4.69, 9.17) is 4.74 Å². The van der Waals surface area contributed by atoms with E-state index in [0.29, 0.717) is 38.9 Å². The van der Waals surface area contributed by atoms with Crippen LogP contribution in [-0.2, 0) is 27.3 Å². The Balaban J connectivity index is 1.73. The van der Waals surface area contributed by atoms with Gasteiger partial charge in [0.25, 0.3) is 0 Å². The molecule has 1 amide bonds. The van der Waals surface area contributed by atoms with Gasteiger partial charge in [0, 0.05) is 26.1 Å². The normalized spacial score (nSPS) is 22.1. The summed E-state index contributed by atoms with van der Waals surface area (Å²) in [4.78, 5) is 28.6. The number of fused-ring (bicyclic) bond motifs is 1. The number of benzene rings is 1. The number of aliphatic hydroxyl groups is 1. The van der Waals surface area contributed by atoms with Crippen LogP contribution >= 0.6 is 0 Å². The van der Waals surface area contributed by atoms with Crippen molar-refractivity contribution in [3.05, 3.63) is 35.4 Å². The summed E-state index contributed by atoms with van der Waals surface area (Å²) in [6.45, 7) is 2.13. The number of carbonyl (C=O) groups is 2. The second-order valence-electron chi connectivity index (χ2n) is 6.54. The smallest absolute Gasteiger partial charge is 0.328 e. The van der Waals surface area contributed by atoms with Crippen LogP contribution in [0.25, 0.3) is 0 Å². The summed E-state index contributed by atoms with van der Waals surface area (Å²) in [6.07, 6.45) is 1.61. The van der Waals surface area contributed by atoms with Crippen LogP contribution in [0.3, 0.4) is 0 Å².